The van der Waals surface area contributed by atoms with Crippen molar-refractivity contribution in [2.75, 3.05) is 18.0 Å². The zero-order valence-corrected chi connectivity index (χ0v) is 11.3. The van der Waals surface area contributed by atoms with E-state index in [-0.39, 0.29) is 6.10 Å². The van der Waals surface area contributed by atoms with Crippen LogP contribution in [-0.4, -0.2) is 28.9 Å². The Morgan fingerprint density at radius 3 is 2.78 bits per heavy atom. The first-order valence-corrected chi connectivity index (χ1v) is 6.72. The molecule has 100 valence electrons. The minimum atomic E-state index is -0.639. The summed E-state index contributed by atoms with van der Waals surface area (Å²) in [5.74, 6) is 0. The molecule has 1 aromatic rings. The van der Waals surface area contributed by atoms with Gasteiger partial charge in [0.1, 0.15) is 0 Å². The zero-order chi connectivity index (χ0) is 13.2. The van der Waals surface area contributed by atoms with E-state index in [1.165, 1.54) is 0 Å². The van der Waals surface area contributed by atoms with Crippen LogP contribution in [0.5, 0.6) is 0 Å². The second-order valence-corrected chi connectivity index (χ2v) is 5.77. The third-order valence-corrected chi connectivity index (χ3v) is 3.54. The van der Waals surface area contributed by atoms with E-state index in [0.29, 0.717) is 0 Å². The molecule has 1 aliphatic rings. The van der Waals surface area contributed by atoms with Gasteiger partial charge in [-0.25, -0.2) is 0 Å². The van der Waals surface area contributed by atoms with Crippen molar-refractivity contribution in [1.29, 1.82) is 0 Å². The summed E-state index contributed by atoms with van der Waals surface area (Å²) in [4.78, 5) is 2.28. The summed E-state index contributed by atoms with van der Waals surface area (Å²) in [6, 6.07) is 8.05. The average Bonchev–Trinajstić information content (AvgIpc) is 2.46. The van der Waals surface area contributed by atoms with E-state index in [0.717, 1.165) is 43.6 Å². The Morgan fingerprint density at radius 1 is 1.33 bits per heavy atom. The maximum absolute atomic E-state index is 10.1. The first-order chi connectivity index (χ1) is 8.47. The molecule has 0 amide bonds. The molecule has 0 spiro atoms. The molecule has 1 heterocycles. The van der Waals surface area contributed by atoms with Crippen molar-refractivity contribution in [1.82, 2.24) is 0 Å². The number of nitrogens with zero attached hydrogens (tertiary/aromatic N) is 1. The van der Waals surface area contributed by atoms with Crippen molar-refractivity contribution in [3.8, 4) is 0 Å². The average molecular weight is 249 g/mol. The molecule has 0 saturated carbocycles. The Hall–Kier alpha value is -1.06. The Kier molecular flexibility index (Phi) is 3.93. The molecular weight excluding hydrogens is 226 g/mol. The number of para-hydroxylation sites is 1. The lowest BCUT2D eigenvalue weighted by Crippen LogP contribution is -2.31. The topological polar surface area (TPSA) is 43.7 Å². The van der Waals surface area contributed by atoms with Crippen LogP contribution in [0.4, 0.5) is 5.69 Å². The molecule has 1 atom stereocenters. The van der Waals surface area contributed by atoms with Gasteiger partial charge in [-0.3, -0.25) is 0 Å². The van der Waals surface area contributed by atoms with Crippen LogP contribution in [0, 0.1) is 0 Å². The summed E-state index contributed by atoms with van der Waals surface area (Å²) in [5, 5.41) is 20.0. The van der Waals surface area contributed by atoms with Gasteiger partial charge in [0.15, 0.2) is 0 Å². The largest absolute Gasteiger partial charge is 0.390 e. The summed E-state index contributed by atoms with van der Waals surface area (Å²) >= 11 is 0. The van der Waals surface area contributed by atoms with Crippen molar-refractivity contribution in [3.05, 3.63) is 29.8 Å². The molecule has 1 aliphatic heterocycles. The van der Waals surface area contributed by atoms with Crippen molar-refractivity contribution in [2.45, 2.75) is 44.8 Å². The highest BCUT2D eigenvalue weighted by atomic mass is 16.3. The standard InChI is InChI=1S/C15H23NO2/c1-15(2,18)9-11-16-10-5-8-14(17)12-6-3-4-7-13(12)16/h3-4,6-7,14,17-18H,5,8-11H2,1-2H3. The van der Waals surface area contributed by atoms with Crippen molar-refractivity contribution < 1.29 is 10.2 Å². The maximum Gasteiger partial charge on any atom is 0.0810 e. The van der Waals surface area contributed by atoms with Crippen molar-refractivity contribution >= 4 is 5.69 Å². The molecule has 0 fully saturated rings. The van der Waals surface area contributed by atoms with Gasteiger partial charge in [0.2, 0.25) is 0 Å². The van der Waals surface area contributed by atoms with E-state index in [4.69, 9.17) is 0 Å². The monoisotopic (exact) mass is 249 g/mol. The predicted molar refractivity (Wildman–Crippen MR) is 73.8 cm³/mol. The molecule has 1 aromatic carbocycles. The summed E-state index contributed by atoms with van der Waals surface area (Å²) < 4.78 is 0. The number of fused-ring (bicyclic) bond motifs is 1. The molecule has 1 unspecified atom stereocenters. The third kappa shape index (κ3) is 3.24. The fraction of sp³-hybridized carbons (Fsp3) is 0.600. The summed E-state index contributed by atoms with van der Waals surface area (Å²) in [5.41, 5.74) is 1.50. The van der Waals surface area contributed by atoms with Crippen LogP contribution < -0.4 is 4.90 Å². The van der Waals surface area contributed by atoms with Crippen LogP contribution in [0.1, 0.15) is 44.8 Å². The van der Waals surface area contributed by atoms with Gasteiger partial charge < -0.3 is 15.1 Å². The molecular formula is C15H23NO2. The lowest BCUT2D eigenvalue weighted by molar-refractivity contribution is 0.0731. The Bertz CT molecular complexity index is 398. The quantitative estimate of drug-likeness (QED) is 0.865. The van der Waals surface area contributed by atoms with E-state index >= 15 is 0 Å². The van der Waals surface area contributed by atoms with Gasteiger partial charge in [0.25, 0.3) is 0 Å². The number of hydrogen-bond donors (Lipinski definition) is 2. The predicted octanol–water partition coefficient (Wildman–Crippen LogP) is 2.48. The zero-order valence-electron chi connectivity index (χ0n) is 11.3. The van der Waals surface area contributed by atoms with Crippen LogP contribution in [0.15, 0.2) is 24.3 Å². The van der Waals surface area contributed by atoms with Crippen LogP contribution in [-0.2, 0) is 0 Å². The molecule has 0 aliphatic carbocycles. The molecule has 18 heavy (non-hydrogen) atoms. The molecule has 0 aromatic heterocycles. The molecule has 0 radical (unpaired) electrons. The second-order valence-electron chi connectivity index (χ2n) is 5.77. The van der Waals surface area contributed by atoms with Gasteiger partial charge in [-0.05, 0) is 39.2 Å². The van der Waals surface area contributed by atoms with Gasteiger partial charge in [-0.15, -0.1) is 0 Å². The molecule has 3 nitrogen and oxygen atoms in total. The summed E-state index contributed by atoms with van der Waals surface area (Å²) in [6.07, 6.45) is 2.18. The Balaban J connectivity index is 2.18. The van der Waals surface area contributed by atoms with Crippen molar-refractivity contribution in [3.63, 3.8) is 0 Å². The molecule has 0 saturated heterocycles. The van der Waals surface area contributed by atoms with Crippen LogP contribution in [0.2, 0.25) is 0 Å². The number of benzene rings is 1. The Morgan fingerprint density at radius 2 is 2.06 bits per heavy atom. The van der Waals surface area contributed by atoms with Gasteiger partial charge in [0, 0.05) is 24.3 Å². The lowest BCUT2D eigenvalue weighted by Gasteiger charge is -2.28. The van der Waals surface area contributed by atoms with E-state index in [2.05, 4.69) is 11.0 Å². The third-order valence-electron chi connectivity index (χ3n) is 3.54. The van der Waals surface area contributed by atoms with Crippen molar-refractivity contribution in [2.24, 2.45) is 0 Å². The molecule has 3 heteroatoms. The summed E-state index contributed by atoms with van der Waals surface area (Å²) in [7, 11) is 0. The number of hydrogen-bond acceptors (Lipinski definition) is 3. The van der Waals surface area contributed by atoms with E-state index < -0.39 is 5.60 Å². The fourth-order valence-electron chi connectivity index (χ4n) is 2.45. The lowest BCUT2D eigenvalue weighted by atomic mass is 10.0. The van der Waals surface area contributed by atoms with Gasteiger partial charge >= 0.3 is 0 Å². The number of rotatable bonds is 3. The highest BCUT2D eigenvalue weighted by Gasteiger charge is 2.22. The highest BCUT2D eigenvalue weighted by Crippen LogP contribution is 2.32. The van der Waals surface area contributed by atoms with Crippen LogP contribution in [0.3, 0.4) is 0 Å². The number of aliphatic hydroxyl groups is 2. The van der Waals surface area contributed by atoms with E-state index in [9.17, 15) is 10.2 Å². The van der Waals surface area contributed by atoms with E-state index in [1.807, 2.05) is 32.0 Å². The van der Waals surface area contributed by atoms with Gasteiger partial charge in [0.05, 0.1) is 11.7 Å². The SMILES string of the molecule is CC(C)(O)CCN1CCCC(O)c2ccccc21. The first-order valence-electron chi connectivity index (χ1n) is 6.72. The van der Waals surface area contributed by atoms with E-state index in [1.54, 1.807) is 0 Å². The highest BCUT2D eigenvalue weighted by molar-refractivity contribution is 5.55. The van der Waals surface area contributed by atoms with Gasteiger partial charge in [-0.2, -0.15) is 0 Å². The Labute approximate surface area is 109 Å². The minimum Gasteiger partial charge on any atom is -0.390 e. The molecule has 0 bridgehead atoms. The number of aliphatic hydroxyl groups excluding tert-OH is 1. The minimum absolute atomic E-state index is 0.353. The molecule has 2 rings (SSSR count). The summed E-state index contributed by atoms with van der Waals surface area (Å²) in [6.45, 7) is 5.45. The van der Waals surface area contributed by atoms with Crippen LogP contribution in [0.25, 0.3) is 0 Å². The number of anilines is 1. The smallest absolute Gasteiger partial charge is 0.0810 e. The second kappa shape index (κ2) is 5.29. The maximum atomic E-state index is 10.1. The van der Waals surface area contributed by atoms with Crippen LogP contribution >= 0.6 is 0 Å². The fourth-order valence-corrected chi connectivity index (χ4v) is 2.45. The molecule has 2 N–H and O–H groups in total. The van der Waals surface area contributed by atoms with Gasteiger partial charge in [-0.1, -0.05) is 18.2 Å². The first kappa shape index (κ1) is 13.4. The normalized spacial score (nSPS) is 20.4.